The minimum absolute atomic E-state index is 0.0404. The number of nitro groups is 1. The highest BCUT2D eigenvalue weighted by Gasteiger charge is 2.13. The lowest BCUT2D eigenvalue weighted by molar-refractivity contribution is -0.384. The molecule has 0 saturated heterocycles. The van der Waals surface area contributed by atoms with Crippen molar-refractivity contribution in [3.05, 3.63) is 75.3 Å². The fraction of sp³-hybridized carbons (Fsp3) is 0. The molecule has 124 valence electrons. The summed E-state index contributed by atoms with van der Waals surface area (Å²) in [7, 11) is 0. The molecule has 0 heterocycles. The fourth-order valence-electron chi connectivity index (χ4n) is 1.87. The highest BCUT2D eigenvalue weighted by molar-refractivity contribution is 6.00. The van der Waals surface area contributed by atoms with E-state index in [0.29, 0.717) is 5.56 Å². The van der Waals surface area contributed by atoms with Gasteiger partial charge in [0.1, 0.15) is 17.4 Å². The second kappa shape index (κ2) is 7.52. The molecule has 0 saturated carbocycles. The van der Waals surface area contributed by atoms with Gasteiger partial charge in [0.2, 0.25) is 0 Å². The van der Waals surface area contributed by atoms with Crippen LogP contribution in [0.1, 0.15) is 15.9 Å². The summed E-state index contributed by atoms with van der Waals surface area (Å²) in [6, 6.07) is 12.8. The second-order valence-corrected chi connectivity index (χ2v) is 4.80. The Balaban J connectivity index is 2.15. The van der Waals surface area contributed by atoms with Crippen molar-refractivity contribution < 1.29 is 19.2 Å². The predicted molar refractivity (Wildman–Crippen MR) is 87.3 cm³/mol. The lowest BCUT2D eigenvalue weighted by atomic mass is 10.1. The molecule has 2 aromatic carbocycles. The van der Waals surface area contributed by atoms with Crippen LogP contribution in [0.25, 0.3) is 6.08 Å². The molecule has 0 aliphatic rings. The van der Waals surface area contributed by atoms with Gasteiger partial charge in [-0.25, -0.2) is 4.79 Å². The van der Waals surface area contributed by atoms with Crippen molar-refractivity contribution in [2.75, 3.05) is 0 Å². The average molecular weight is 337 g/mol. The zero-order chi connectivity index (χ0) is 18.4. The molecular weight excluding hydrogens is 326 g/mol. The molecule has 0 atom stereocenters. The summed E-state index contributed by atoms with van der Waals surface area (Å²) >= 11 is 0. The number of non-ortho nitro benzene ring substituents is 1. The van der Waals surface area contributed by atoms with E-state index in [1.54, 1.807) is 6.07 Å². The van der Waals surface area contributed by atoms with Gasteiger partial charge >= 0.3 is 5.97 Å². The van der Waals surface area contributed by atoms with E-state index in [1.807, 2.05) is 0 Å². The number of hydrogen-bond donors (Lipinski definition) is 1. The van der Waals surface area contributed by atoms with Crippen molar-refractivity contribution in [2.24, 2.45) is 5.73 Å². The van der Waals surface area contributed by atoms with Gasteiger partial charge in [-0.2, -0.15) is 5.26 Å². The monoisotopic (exact) mass is 337 g/mol. The highest BCUT2D eigenvalue weighted by atomic mass is 16.6. The third-order valence-electron chi connectivity index (χ3n) is 3.08. The van der Waals surface area contributed by atoms with Gasteiger partial charge in [0.05, 0.1) is 10.5 Å². The Morgan fingerprint density at radius 2 is 1.88 bits per heavy atom. The smallest absolute Gasteiger partial charge is 0.343 e. The van der Waals surface area contributed by atoms with Gasteiger partial charge < -0.3 is 10.5 Å². The van der Waals surface area contributed by atoms with E-state index in [-0.39, 0.29) is 22.6 Å². The maximum atomic E-state index is 12.0. The molecule has 0 aromatic heterocycles. The Labute approximate surface area is 141 Å². The standard InChI is InChI=1S/C17H11N3O5/c18-10-13(16(19)21)8-11-4-6-15(7-5-11)25-17(22)12-2-1-3-14(9-12)20(23)24/h1-9H,(H2,19,21)/b13-8+. The molecule has 0 aliphatic carbocycles. The lowest BCUT2D eigenvalue weighted by Crippen LogP contribution is -2.12. The van der Waals surface area contributed by atoms with E-state index in [4.69, 9.17) is 15.7 Å². The lowest BCUT2D eigenvalue weighted by Gasteiger charge is -2.05. The second-order valence-electron chi connectivity index (χ2n) is 4.80. The first-order valence-corrected chi connectivity index (χ1v) is 6.89. The molecule has 0 aliphatic heterocycles. The van der Waals surface area contributed by atoms with E-state index in [1.165, 1.54) is 48.5 Å². The van der Waals surface area contributed by atoms with Crippen LogP contribution in [-0.4, -0.2) is 16.8 Å². The first kappa shape index (κ1) is 17.4. The van der Waals surface area contributed by atoms with Crippen LogP contribution in [0.4, 0.5) is 5.69 Å². The van der Waals surface area contributed by atoms with Crippen molar-refractivity contribution in [3.8, 4) is 11.8 Å². The zero-order valence-corrected chi connectivity index (χ0v) is 12.7. The van der Waals surface area contributed by atoms with Gasteiger partial charge in [0.15, 0.2) is 0 Å². The molecule has 0 fully saturated rings. The Morgan fingerprint density at radius 1 is 1.20 bits per heavy atom. The van der Waals surface area contributed by atoms with Gasteiger partial charge in [-0.1, -0.05) is 18.2 Å². The number of amides is 1. The van der Waals surface area contributed by atoms with Gasteiger partial charge in [-0.3, -0.25) is 14.9 Å². The van der Waals surface area contributed by atoms with E-state index < -0.39 is 16.8 Å². The summed E-state index contributed by atoms with van der Waals surface area (Å²) in [5, 5.41) is 19.5. The first-order valence-electron chi connectivity index (χ1n) is 6.89. The number of esters is 1. The van der Waals surface area contributed by atoms with Crippen LogP contribution in [0.2, 0.25) is 0 Å². The summed E-state index contributed by atoms with van der Waals surface area (Å²) in [5.74, 6) is -1.39. The molecule has 0 spiro atoms. The van der Waals surface area contributed by atoms with Crippen LogP contribution in [0.3, 0.4) is 0 Å². The SMILES string of the molecule is N#C/C(=C\c1ccc(OC(=O)c2cccc([N+](=O)[O-])c2)cc1)C(N)=O. The number of nitrogens with zero attached hydrogens (tertiary/aromatic N) is 2. The summed E-state index contributed by atoms with van der Waals surface area (Å²) in [6.45, 7) is 0. The summed E-state index contributed by atoms with van der Waals surface area (Å²) < 4.78 is 5.13. The molecule has 8 heteroatoms. The fourth-order valence-corrected chi connectivity index (χ4v) is 1.87. The Hall–Kier alpha value is -3.99. The molecule has 0 bridgehead atoms. The summed E-state index contributed by atoms with van der Waals surface area (Å²) in [6.07, 6.45) is 1.30. The van der Waals surface area contributed by atoms with Crippen LogP contribution in [0, 0.1) is 21.4 Å². The van der Waals surface area contributed by atoms with Crippen LogP contribution >= 0.6 is 0 Å². The van der Waals surface area contributed by atoms with Crippen LogP contribution in [0.5, 0.6) is 5.75 Å². The van der Waals surface area contributed by atoms with E-state index in [2.05, 4.69) is 0 Å². The molecule has 2 N–H and O–H groups in total. The number of nitrogens with two attached hydrogens (primary N) is 1. The predicted octanol–water partition coefficient (Wildman–Crippen LogP) is 2.21. The molecule has 0 unspecified atom stereocenters. The average Bonchev–Trinajstić information content (AvgIpc) is 2.60. The third kappa shape index (κ3) is 4.49. The van der Waals surface area contributed by atoms with Crippen molar-refractivity contribution in [2.45, 2.75) is 0 Å². The van der Waals surface area contributed by atoms with Crippen molar-refractivity contribution >= 4 is 23.6 Å². The number of ether oxygens (including phenoxy) is 1. The van der Waals surface area contributed by atoms with Crippen LogP contribution in [0.15, 0.2) is 54.1 Å². The third-order valence-corrected chi connectivity index (χ3v) is 3.08. The number of primary amides is 1. The molecule has 0 radical (unpaired) electrons. The van der Waals surface area contributed by atoms with Gasteiger partial charge in [0, 0.05) is 12.1 Å². The molecule has 2 rings (SSSR count). The van der Waals surface area contributed by atoms with E-state index >= 15 is 0 Å². The molecular formula is C17H11N3O5. The van der Waals surface area contributed by atoms with Crippen molar-refractivity contribution in [1.82, 2.24) is 0 Å². The van der Waals surface area contributed by atoms with E-state index in [0.717, 1.165) is 6.07 Å². The number of benzene rings is 2. The van der Waals surface area contributed by atoms with Crippen molar-refractivity contribution in [1.29, 1.82) is 5.26 Å². The molecule has 25 heavy (non-hydrogen) atoms. The number of carbonyl (C=O) groups excluding carboxylic acids is 2. The normalized spacial score (nSPS) is 10.6. The Kier molecular flexibility index (Phi) is 5.22. The van der Waals surface area contributed by atoms with Gasteiger partial charge in [0.25, 0.3) is 11.6 Å². The Morgan fingerprint density at radius 3 is 2.44 bits per heavy atom. The Bertz CT molecular complexity index is 911. The molecule has 2 aromatic rings. The highest BCUT2D eigenvalue weighted by Crippen LogP contribution is 2.18. The zero-order valence-electron chi connectivity index (χ0n) is 12.7. The summed E-state index contributed by atoms with van der Waals surface area (Å²) in [4.78, 5) is 33.1. The number of nitro benzene ring substituents is 1. The number of nitriles is 1. The van der Waals surface area contributed by atoms with E-state index in [9.17, 15) is 19.7 Å². The molecule has 8 nitrogen and oxygen atoms in total. The number of rotatable bonds is 5. The van der Waals surface area contributed by atoms with Crippen molar-refractivity contribution in [3.63, 3.8) is 0 Å². The summed E-state index contributed by atoms with van der Waals surface area (Å²) in [5.41, 5.74) is 5.18. The first-order chi connectivity index (χ1) is 11.9. The largest absolute Gasteiger partial charge is 0.423 e. The van der Waals surface area contributed by atoms with Crippen LogP contribution in [-0.2, 0) is 4.79 Å². The number of carbonyl (C=O) groups is 2. The number of hydrogen-bond acceptors (Lipinski definition) is 6. The van der Waals surface area contributed by atoms with Gasteiger partial charge in [-0.15, -0.1) is 0 Å². The maximum absolute atomic E-state index is 12.0. The maximum Gasteiger partial charge on any atom is 0.343 e. The van der Waals surface area contributed by atoms with Crippen LogP contribution < -0.4 is 10.5 Å². The minimum atomic E-state index is -0.844. The minimum Gasteiger partial charge on any atom is -0.423 e. The topological polar surface area (TPSA) is 136 Å². The van der Waals surface area contributed by atoms with Gasteiger partial charge in [-0.05, 0) is 29.8 Å². The quantitative estimate of drug-likeness (QED) is 0.222. The molecule has 1 amide bonds.